The molecule has 0 unspecified atom stereocenters. The van der Waals surface area contributed by atoms with Gasteiger partial charge in [0.05, 0.1) is 12.8 Å². The van der Waals surface area contributed by atoms with E-state index in [1.54, 1.807) is 7.11 Å². The van der Waals surface area contributed by atoms with Gasteiger partial charge in [-0.1, -0.05) is 17.7 Å². The van der Waals surface area contributed by atoms with Crippen LogP contribution in [0.1, 0.15) is 11.3 Å². The van der Waals surface area contributed by atoms with E-state index in [0.717, 1.165) is 36.5 Å². The first-order chi connectivity index (χ1) is 9.76. The molecule has 0 atom stereocenters. The molecule has 0 saturated carbocycles. The van der Waals surface area contributed by atoms with Gasteiger partial charge < -0.3 is 15.4 Å². The second-order valence-corrected chi connectivity index (χ2v) is 4.98. The lowest BCUT2D eigenvalue weighted by molar-refractivity contribution is 0.387. The Kier molecular flexibility index (Phi) is 3.71. The van der Waals surface area contributed by atoms with E-state index in [-0.39, 0.29) is 0 Å². The first-order valence-corrected chi connectivity index (χ1v) is 6.81. The molecule has 2 heterocycles. The molecule has 0 aliphatic carbocycles. The van der Waals surface area contributed by atoms with E-state index in [1.807, 2.05) is 24.3 Å². The van der Waals surface area contributed by atoms with Crippen LogP contribution in [-0.4, -0.2) is 23.6 Å². The lowest BCUT2D eigenvalue weighted by Gasteiger charge is -2.19. The third kappa shape index (κ3) is 2.69. The maximum atomic E-state index is 5.97. The Hall–Kier alpha value is -1.85. The normalized spacial score (nSPS) is 13.7. The van der Waals surface area contributed by atoms with Gasteiger partial charge in [0.1, 0.15) is 0 Å². The topological polar surface area (TPSA) is 59.1 Å². The number of fused-ring (bicyclic) bond motifs is 1. The summed E-state index contributed by atoms with van der Waals surface area (Å²) in [5, 5.41) is 7.12. The number of ether oxygens (including phenoxy) is 1. The molecule has 5 nitrogen and oxygen atoms in total. The second kappa shape index (κ2) is 5.64. The van der Waals surface area contributed by atoms with Crippen LogP contribution >= 0.6 is 11.6 Å². The number of halogens is 1. The van der Waals surface area contributed by atoms with Gasteiger partial charge in [-0.3, -0.25) is 0 Å². The number of benzene rings is 1. The van der Waals surface area contributed by atoms with Crippen LogP contribution in [0.25, 0.3) is 0 Å². The number of nitrogens with one attached hydrogen (secondary N) is 2. The Bertz CT molecular complexity index is 615. The Morgan fingerprint density at radius 2 is 2.25 bits per heavy atom. The molecule has 1 aliphatic rings. The van der Waals surface area contributed by atoms with Crippen molar-refractivity contribution in [1.82, 2.24) is 15.3 Å². The summed E-state index contributed by atoms with van der Waals surface area (Å²) in [6.07, 6.45) is 0.885. The van der Waals surface area contributed by atoms with Crippen molar-refractivity contribution in [2.45, 2.75) is 13.0 Å². The molecule has 2 N–H and O–H groups in total. The molecular formula is C14H15ClN4O. The van der Waals surface area contributed by atoms with Crippen molar-refractivity contribution in [2.24, 2.45) is 0 Å². The number of methoxy groups -OCH3 is 1. The molecule has 0 bridgehead atoms. The number of nitrogens with zero attached hydrogens (tertiary/aromatic N) is 2. The molecule has 0 radical (unpaired) electrons. The molecule has 3 rings (SSSR count). The average molecular weight is 291 g/mol. The van der Waals surface area contributed by atoms with E-state index in [9.17, 15) is 0 Å². The van der Waals surface area contributed by atoms with Crippen molar-refractivity contribution < 1.29 is 4.74 Å². The first kappa shape index (κ1) is 13.1. The fourth-order valence-electron chi connectivity index (χ4n) is 2.25. The molecular weight excluding hydrogens is 276 g/mol. The summed E-state index contributed by atoms with van der Waals surface area (Å²) in [5.41, 5.74) is 2.92. The monoisotopic (exact) mass is 290 g/mol. The molecule has 104 valence electrons. The SMILES string of the molecule is COc1nc(Nc2cccc(Cl)c2)nc2c1CCNC2. The zero-order valence-electron chi connectivity index (χ0n) is 11.1. The first-order valence-electron chi connectivity index (χ1n) is 6.43. The number of aromatic nitrogens is 2. The summed E-state index contributed by atoms with van der Waals surface area (Å²) in [6, 6.07) is 7.45. The largest absolute Gasteiger partial charge is 0.481 e. The summed E-state index contributed by atoms with van der Waals surface area (Å²) < 4.78 is 5.37. The van der Waals surface area contributed by atoms with Gasteiger partial charge in [-0.05, 0) is 31.2 Å². The van der Waals surface area contributed by atoms with Crippen molar-refractivity contribution in [3.05, 3.63) is 40.5 Å². The molecule has 6 heteroatoms. The van der Waals surface area contributed by atoms with Crippen LogP contribution in [-0.2, 0) is 13.0 Å². The average Bonchev–Trinajstić information content (AvgIpc) is 2.46. The standard InChI is InChI=1S/C14H15ClN4O/c1-20-13-11-5-6-16-8-12(11)18-14(19-13)17-10-4-2-3-9(15)7-10/h2-4,7,16H,5-6,8H2,1H3,(H,17,18,19). The molecule has 0 fully saturated rings. The Morgan fingerprint density at radius 3 is 3.05 bits per heavy atom. The lowest BCUT2D eigenvalue weighted by Crippen LogP contribution is -2.26. The molecule has 20 heavy (non-hydrogen) atoms. The Morgan fingerprint density at radius 1 is 1.35 bits per heavy atom. The minimum Gasteiger partial charge on any atom is -0.481 e. The van der Waals surface area contributed by atoms with Crippen molar-refractivity contribution >= 4 is 23.2 Å². The van der Waals surface area contributed by atoms with Crippen molar-refractivity contribution in [3.63, 3.8) is 0 Å². The summed E-state index contributed by atoms with van der Waals surface area (Å²) in [7, 11) is 1.63. The maximum absolute atomic E-state index is 5.97. The number of hydrogen-bond donors (Lipinski definition) is 2. The highest BCUT2D eigenvalue weighted by Gasteiger charge is 2.18. The van der Waals surface area contributed by atoms with Crippen LogP contribution in [0.4, 0.5) is 11.6 Å². The van der Waals surface area contributed by atoms with Crippen LogP contribution in [0.2, 0.25) is 5.02 Å². The zero-order valence-corrected chi connectivity index (χ0v) is 11.9. The second-order valence-electron chi connectivity index (χ2n) is 4.54. The highest BCUT2D eigenvalue weighted by atomic mass is 35.5. The van der Waals surface area contributed by atoms with E-state index in [0.29, 0.717) is 16.9 Å². The minimum atomic E-state index is 0.520. The molecule has 1 aromatic carbocycles. The number of anilines is 2. The van der Waals surface area contributed by atoms with Crippen molar-refractivity contribution in [3.8, 4) is 5.88 Å². The molecule has 1 aromatic heterocycles. The van der Waals surface area contributed by atoms with E-state index < -0.39 is 0 Å². The third-order valence-corrected chi connectivity index (χ3v) is 3.41. The van der Waals surface area contributed by atoms with Crippen LogP contribution in [0.3, 0.4) is 0 Å². The van der Waals surface area contributed by atoms with Gasteiger partial charge in [0.2, 0.25) is 11.8 Å². The Labute approximate surface area is 122 Å². The Balaban J connectivity index is 1.94. The van der Waals surface area contributed by atoms with Gasteiger partial charge in [0.25, 0.3) is 0 Å². The van der Waals surface area contributed by atoms with Gasteiger partial charge in [0.15, 0.2) is 0 Å². The molecule has 1 aliphatic heterocycles. The number of rotatable bonds is 3. The van der Waals surface area contributed by atoms with Crippen LogP contribution in [0.5, 0.6) is 5.88 Å². The van der Waals surface area contributed by atoms with Gasteiger partial charge in [0, 0.05) is 22.8 Å². The van der Waals surface area contributed by atoms with Crippen LogP contribution in [0, 0.1) is 0 Å². The van der Waals surface area contributed by atoms with Gasteiger partial charge in [-0.2, -0.15) is 4.98 Å². The molecule has 0 spiro atoms. The molecule has 0 saturated heterocycles. The fourth-order valence-corrected chi connectivity index (χ4v) is 2.44. The van der Waals surface area contributed by atoms with Gasteiger partial charge in [-0.15, -0.1) is 0 Å². The number of hydrogen-bond acceptors (Lipinski definition) is 5. The summed E-state index contributed by atoms with van der Waals surface area (Å²) >= 11 is 5.97. The van der Waals surface area contributed by atoms with E-state index in [2.05, 4.69) is 20.6 Å². The predicted octanol–water partition coefficient (Wildman–Crippen LogP) is 2.53. The summed E-state index contributed by atoms with van der Waals surface area (Å²) in [4.78, 5) is 8.95. The molecule has 2 aromatic rings. The highest BCUT2D eigenvalue weighted by molar-refractivity contribution is 6.30. The van der Waals surface area contributed by atoms with Gasteiger partial charge in [-0.25, -0.2) is 4.98 Å². The lowest BCUT2D eigenvalue weighted by atomic mass is 10.1. The van der Waals surface area contributed by atoms with Crippen molar-refractivity contribution in [2.75, 3.05) is 19.0 Å². The third-order valence-electron chi connectivity index (χ3n) is 3.17. The maximum Gasteiger partial charge on any atom is 0.230 e. The minimum absolute atomic E-state index is 0.520. The molecule has 0 amide bonds. The van der Waals surface area contributed by atoms with Crippen molar-refractivity contribution in [1.29, 1.82) is 0 Å². The van der Waals surface area contributed by atoms with E-state index in [1.165, 1.54) is 0 Å². The summed E-state index contributed by atoms with van der Waals surface area (Å²) in [5.74, 6) is 1.16. The van der Waals surface area contributed by atoms with Gasteiger partial charge >= 0.3 is 0 Å². The quantitative estimate of drug-likeness (QED) is 0.910. The van der Waals surface area contributed by atoms with E-state index >= 15 is 0 Å². The highest BCUT2D eigenvalue weighted by Crippen LogP contribution is 2.25. The van der Waals surface area contributed by atoms with Crippen LogP contribution in [0.15, 0.2) is 24.3 Å². The zero-order chi connectivity index (χ0) is 13.9. The van der Waals surface area contributed by atoms with E-state index in [4.69, 9.17) is 16.3 Å². The predicted molar refractivity (Wildman–Crippen MR) is 78.7 cm³/mol. The van der Waals surface area contributed by atoms with Crippen LogP contribution < -0.4 is 15.4 Å². The smallest absolute Gasteiger partial charge is 0.230 e. The fraction of sp³-hybridized carbons (Fsp3) is 0.286. The summed E-state index contributed by atoms with van der Waals surface area (Å²) in [6.45, 7) is 1.66.